The maximum absolute atomic E-state index is 12.2. The zero-order valence-corrected chi connectivity index (χ0v) is 12.5. The van der Waals surface area contributed by atoms with Gasteiger partial charge in [0.1, 0.15) is 0 Å². The molecule has 112 valence electrons. The van der Waals surface area contributed by atoms with Crippen LogP contribution in [0.2, 0.25) is 0 Å². The van der Waals surface area contributed by atoms with E-state index < -0.39 is 0 Å². The predicted octanol–water partition coefficient (Wildman–Crippen LogP) is 3.02. The van der Waals surface area contributed by atoms with E-state index in [1.54, 1.807) is 28.4 Å². The maximum atomic E-state index is 12.2. The quantitative estimate of drug-likeness (QED) is 0.743. The zero-order chi connectivity index (χ0) is 14.9. The first kappa shape index (κ1) is 13.3. The summed E-state index contributed by atoms with van der Waals surface area (Å²) in [6.45, 7) is 1.26. The molecule has 22 heavy (non-hydrogen) atoms. The third-order valence-corrected chi connectivity index (χ3v) is 4.47. The molecule has 6 nitrogen and oxygen atoms in total. The monoisotopic (exact) mass is 315 g/mol. The van der Waals surface area contributed by atoms with E-state index in [2.05, 4.69) is 10.1 Å². The first-order chi connectivity index (χ1) is 10.8. The molecule has 3 aromatic rings. The van der Waals surface area contributed by atoms with Crippen molar-refractivity contribution in [1.82, 2.24) is 15.0 Å². The number of hydrogen-bond donors (Lipinski definition) is 0. The summed E-state index contributed by atoms with van der Waals surface area (Å²) in [5.74, 6) is 1.58. The van der Waals surface area contributed by atoms with Gasteiger partial charge < -0.3 is 13.8 Å². The number of carbonyl (C=O) groups is 1. The van der Waals surface area contributed by atoms with E-state index in [9.17, 15) is 4.79 Å². The molecule has 1 aliphatic rings. The van der Waals surface area contributed by atoms with Gasteiger partial charge in [0.2, 0.25) is 0 Å². The van der Waals surface area contributed by atoms with Crippen molar-refractivity contribution in [3.8, 4) is 11.5 Å². The average Bonchev–Trinajstić information content (AvgIpc) is 3.35. The highest BCUT2D eigenvalue weighted by Gasteiger charge is 2.32. The third kappa shape index (κ3) is 2.33. The lowest BCUT2D eigenvalue weighted by molar-refractivity contribution is 0.0759. The van der Waals surface area contributed by atoms with E-state index in [1.165, 1.54) is 6.26 Å². The van der Waals surface area contributed by atoms with Gasteiger partial charge in [-0.25, -0.2) is 0 Å². The largest absolute Gasteiger partial charge is 0.459 e. The molecule has 7 heteroatoms. The second-order valence-electron chi connectivity index (χ2n) is 5.18. The van der Waals surface area contributed by atoms with Gasteiger partial charge in [-0.3, -0.25) is 4.79 Å². The summed E-state index contributed by atoms with van der Waals surface area (Å²) in [5.41, 5.74) is 0.935. The van der Waals surface area contributed by atoms with E-state index in [4.69, 9.17) is 8.94 Å². The Bertz CT molecular complexity index is 764. The SMILES string of the molecule is O=C(c1ccco1)N1CC[C@H](c2noc(-c3ccsc3)n2)C1. The Labute approximate surface area is 130 Å². The van der Waals surface area contributed by atoms with Gasteiger partial charge in [-0.1, -0.05) is 5.16 Å². The molecule has 3 aromatic heterocycles. The lowest BCUT2D eigenvalue weighted by Gasteiger charge is -2.13. The van der Waals surface area contributed by atoms with Crippen LogP contribution in [0.1, 0.15) is 28.7 Å². The predicted molar refractivity (Wildman–Crippen MR) is 79.6 cm³/mol. The maximum Gasteiger partial charge on any atom is 0.289 e. The lowest BCUT2D eigenvalue weighted by Crippen LogP contribution is -2.28. The molecule has 0 aromatic carbocycles. The van der Waals surface area contributed by atoms with Crippen LogP contribution in [0.5, 0.6) is 0 Å². The van der Waals surface area contributed by atoms with Gasteiger partial charge in [0.05, 0.1) is 11.8 Å². The number of nitrogens with zero attached hydrogens (tertiary/aromatic N) is 3. The van der Waals surface area contributed by atoms with Crippen molar-refractivity contribution in [3.63, 3.8) is 0 Å². The van der Waals surface area contributed by atoms with Gasteiger partial charge in [-0.05, 0) is 30.0 Å². The Morgan fingerprint density at radius 1 is 1.41 bits per heavy atom. The summed E-state index contributed by atoms with van der Waals surface area (Å²) in [4.78, 5) is 18.5. The normalized spacial score (nSPS) is 18.0. The van der Waals surface area contributed by atoms with Crippen molar-refractivity contribution in [2.75, 3.05) is 13.1 Å². The van der Waals surface area contributed by atoms with Crippen LogP contribution in [0.25, 0.3) is 11.5 Å². The van der Waals surface area contributed by atoms with Crippen LogP contribution in [0.4, 0.5) is 0 Å². The fraction of sp³-hybridized carbons (Fsp3) is 0.267. The Hall–Kier alpha value is -2.41. The van der Waals surface area contributed by atoms with Crippen molar-refractivity contribution in [2.24, 2.45) is 0 Å². The highest BCUT2D eigenvalue weighted by Crippen LogP contribution is 2.28. The molecular weight excluding hydrogens is 302 g/mol. The minimum atomic E-state index is -0.0888. The standard InChI is InChI=1S/C15H13N3O3S/c19-15(12-2-1-6-20-12)18-5-3-10(8-18)13-16-14(21-17-13)11-4-7-22-9-11/h1-2,4,6-7,9-10H,3,5,8H2/t10-/m0/s1. The number of thiophene rings is 1. The van der Waals surface area contributed by atoms with Crippen LogP contribution in [0, 0.1) is 0 Å². The number of likely N-dealkylation sites (tertiary alicyclic amines) is 1. The van der Waals surface area contributed by atoms with Gasteiger partial charge in [-0.2, -0.15) is 16.3 Å². The lowest BCUT2D eigenvalue weighted by atomic mass is 10.1. The molecular formula is C15H13N3O3S. The van der Waals surface area contributed by atoms with Crippen molar-refractivity contribution in [2.45, 2.75) is 12.3 Å². The molecule has 0 saturated carbocycles. The third-order valence-electron chi connectivity index (χ3n) is 3.78. The Balaban J connectivity index is 1.48. The minimum absolute atomic E-state index is 0.0888. The number of rotatable bonds is 3. The first-order valence-corrected chi connectivity index (χ1v) is 7.94. The molecule has 1 atom stereocenters. The van der Waals surface area contributed by atoms with Crippen molar-refractivity contribution in [3.05, 3.63) is 46.8 Å². The van der Waals surface area contributed by atoms with Gasteiger partial charge in [0.15, 0.2) is 11.6 Å². The van der Waals surface area contributed by atoms with Crippen molar-refractivity contribution in [1.29, 1.82) is 0 Å². The molecule has 1 amide bonds. The molecule has 1 fully saturated rings. The molecule has 1 saturated heterocycles. The average molecular weight is 315 g/mol. The van der Waals surface area contributed by atoms with E-state index in [-0.39, 0.29) is 11.8 Å². The first-order valence-electron chi connectivity index (χ1n) is 7.00. The summed E-state index contributed by atoms with van der Waals surface area (Å²) >= 11 is 1.59. The van der Waals surface area contributed by atoms with Crippen molar-refractivity contribution < 1.29 is 13.7 Å². The highest BCUT2D eigenvalue weighted by atomic mass is 32.1. The van der Waals surface area contributed by atoms with Crippen molar-refractivity contribution >= 4 is 17.2 Å². The summed E-state index contributed by atoms with van der Waals surface area (Å²) in [6, 6.07) is 5.34. The second kappa shape index (κ2) is 5.42. The number of carbonyl (C=O) groups excluding carboxylic acids is 1. The van der Waals surface area contributed by atoms with Gasteiger partial charge in [0.25, 0.3) is 11.8 Å². The van der Waals surface area contributed by atoms with Gasteiger partial charge in [0, 0.05) is 24.4 Å². The van der Waals surface area contributed by atoms with Crippen LogP contribution in [0.3, 0.4) is 0 Å². The van der Waals surface area contributed by atoms with Crippen LogP contribution in [-0.2, 0) is 0 Å². The summed E-state index contributed by atoms with van der Waals surface area (Å²) in [5, 5.41) is 8.01. The number of hydrogen-bond acceptors (Lipinski definition) is 6. The minimum Gasteiger partial charge on any atom is -0.459 e. The molecule has 4 heterocycles. The van der Waals surface area contributed by atoms with Crippen LogP contribution in [-0.4, -0.2) is 34.0 Å². The van der Waals surface area contributed by atoms with E-state index in [1.807, 2.05) is 16.8 Å². The summed E-state index contributed by atoms with van der Waals surface area (Å²) < 4.78 is 10.5. The fourth-order valence-electron chi connectivity index (χ4n) is 2.62. The molecule has 0 radical (unpaired) electrons. The molecule has 1 aliphatic heterocycles. The molecule has 4 rings (SSSR count). The molecule has 0 aliphatic carbocycles. The Morgan fingerprint density at radius 3 is 3.14 bits per heavy atom. The summed E-state index contributed by atoms with van der Waals surface area (Å²) in [6.07, 6.45) is 2.34. The van der Waals surface area contributed by atoms with Crippen LogP contribution >= 0.6 is 11.3 Å². The van der Waals surface area contributed by atoms with Gasteiger partial charge >= 0.3 is 0 Å². The smallest absolute Gasteiger partial charge is 0.289 e. The van der Waals surface area contributed by atoms with E-state index in [0.29, 0.717) is 30.6 Å². The van der Waals surface area contributed by atoms with E-state index in [0.717, 1.165) is 12.0 Å². The molecule has 0 bridgehead atoms. The zero-order valence-electron chi connectivity index (χ0n) is 11.6. The van der Waals surface area contributed by atoms with Crippen LogP contribution in [0.15, 0.2) is 44.2 Å². The fourth-order valence-corrected chi connectivity index (χ4v) is 3.25. The molecule has 0 unspecified atom stereocenters. The number of amides is 1. The van der Waals surface area contributed by atoms with Crippen LogP contribution < -0.4 is 0 Å². The highest BCUT2D eigenvalue weighted by molar-refractivity contribution is 7.08. The Kier molecular flexibility index (Phi) is 3.27. The number of furan rings is 1. The topological polar surface area (TPSA) is 72.4 Å². The second-order valence-corrected chi connectivity index (χ2v) is 5.96. The molecule has 0 spiro atoms. The van der Waals surface area contributed by atoms with Gasteiger partial charge in [-0.15, -0.1) is 0 Å². The van der Waals surface area contributed by atoms with E-state index >= 15 is 0 Å². The Morgan fingerprint density at radius 2 is 2.36 bits per heavy atom. The summed E-state index contributed by atoms with van der Waals surface area (Å²) in [7, 11) is 0. The number of aromatic nitrogens is 2. The molecule has 0 N–H and O–H groups in total.